The minimum Gasteiger partial charge on any atom is -0.336 e. The number of hydrogen-bond acceptors (Lipinski definition) is 5. The Labute approximate surface area is 202 Å². The van der Waals surface area contributed by atoms with E-state index in [1.165, 1.54) is 27.8 Å². The van der Waals surface area contributed by atoms with E-state index in [9.17, 15) is 22.4 Å². The third-order valence-electron chi connectivity index (χ3n) is 6.07. The summed E-state index contributed by atoms with van der Waals surface area (Å²) in [4.78, 5) is 18.6. The molecular weight excluding hydrogens is 478 g/mol. The number of fused-ring (bicyclic) bond motifs is 1. The minimum atomic E-state index is -4.98. The summed E-state index contributed by atoms with van der Waals surface area (Å²) >= 11 is 0. The van der Waals surface area contributed by atoms with Crippen LogP contribution >= 0.6 is 0 Å². The summed E-state index contributed by atoms with van der Waals surface area (Å²) in [6, 6.07) is 9.19. The highest BCUT2D eigenvalue weighted by molar-refractivity contribution is 5.95. The molecule has 3 heterocycles. The number of benzene rings is 2. The number of amides is 1. The van der Waals surface area contributed by atoms with Crippen LogP contribution in [-0.2, 0) is 13.2 Å². The summed E-state index contributed by atoms with van der Waals surface area (Å²) in [7, 11) is 1.68. The van der Waals surface area contributed by atoms with Crippen molar-refractivity contribution < 1.29 is 22.4 Å². The molecule has 12 heteroatoms. The second kappa shape index (κ2) is 8.46. The van der Waals surface area contributed by atoms with Gasteiger partial charge in [0.15, 0.2) is 11.4 Å². The van der Waals surface area contributed by atoms with Crippen LogP contribution < -0.4 is 5.73 Å². The molecule has 0 aliphatic carbocycles. The maximum Gasteiger partial charge on any atom is 0.434 e. The number of imidazole rings is 1. The first kappa shape index (κ1) is 23.5. The van der Waals surface area contributed by atoms with E-state index in [4.69, 9.17) is 11.0 Å². The maximum absolute atomic E-state index is 14.6. The van der Waals surface area contributed by atoms with Crippen LogP contribution in [0.1, 0.15) is 28.2 Å². The lowest BCUT2D eigenvalue weighted by Crippen LogP contribution is -2.33. The van der Waals surface area contributed by atoms with Gasteiger partial charge in [0.25, 0.3) is 5.91 Å². The third-order valence-corrected chi connectivity index (χ3v) is 6.07. The molecular formula is C24H19F4N7O. The molecule has 1 aliphatic heterocycles. The number of likely N-dealkylation sites (tertiary alicyclic amines) is 1. The van der Waals surface area contributed by atoms with Crippen molar-refractivity contribution in [2.24, 2.45) is 12.8 Å². The van der Waals surface area contributed by atoms with Gasteiger partial charge in [-0.05, 0) is 42.8 Å². The highest BCUT2D eigenvalue weighted by Gasteiger charge is 2.44. The molecule has 0 spiro atoms. The van der Waals surface area contributed by atoms with Crippen molar-refractivity contribution in [1.82, 2.24) is 24.2 Å². The number of aromatic nitrogens is 4. The Morgan fingerprint density at radius 2 is 2.00 bits per heavy atom. The number of nitrogens with two attached hydrogens (primary N) is 1. The molecule has 4 aromatic rings. The van der Waals surface area contributed by atoms with Crippen LogP contribution in [-0.4, -0.2) is 49.3 Å². The summed E-state index contributed by atoms with van der Waals surface area (Å²) < 4.78 is 60.5. The van der Waals surface area contributed by atoms with Gasteiger partial charge in [-0.25, -0.2) is 9.37 Å². The molecule has 8 nitrogen and oxygen atoms in total. The topological polar surface area (TPSA) is 106 Å². The van der Waals surface area contributed by atoms with Gasteiger partial charge >= 0.3 is 6.18 Å². The molecule has 2 aromatic heterocycles. The zero-order chi connectivity index (χ0) is 25.8. The monoisotopic (exact) mass is 497 g/mol. The molecule has 0 radical (unpaired) electrons. The number of carbonyl (C=O) groups excluding carboxylic acids is 1. The van der Waals surface area contributed by atoms with Crippen molar-refractivity contribution in [2.45, 2.75) is 18.6 Å². The Balaban J connectivity index is 1.80. The first-order chi connectivity index (χ1) is 17.1. The number of carbonyl (C=O) groups is 1. The Hall–Kier alpha value is -4.24. The second-order valence-corrected chi connectivity index (χ2v) is 8.62. The molecule has 1 atom stereocenters. The Morgan fingerprint density at radius 3 is 2.64 bits per heavy atom. The van der Waals surface area contributed by atoms with Gasteiger partial charge in [0.05, 0.1) is 11.1 Å². The van der Waals surface area contributed by atoms with Gasteiger partial charge in [0.2, 0.25) is 0 Å². The molecule has 0 unspecified atom stereocenters. The van der Waals surface area contributed by atoms with Crippen LogP contribution in [0.15, 0.2) is 42.6 Å². The van der Waals surface area contributed by atoms with Crippen LogP contribution in [0.25, 0.3) is 28.0 Å². The fourth-order valence-corrected chi connectivity index (χ4v) is 4.41. The van der Waals surface area contributed by atoms with Crippen LogP contribution in [0, 0.1) is 17.1 Å². The van der Waals surface area contributed by atoms with Crippen LogP contribution in [0.4, 0.5) is 17.6 Å². The lowest BCUT2D eigenvalue weighted by atomic mass is 10.1. The highest BCUT2D eigenvalue weighted by atomic mass is 19.4. The van der Waals surface area contributed by atoms with Gasteiger partial charge in [-0.1, -0.05) is 0 Å². The first-order valence-corrected chi connectivity index (χ1v) is 11.0. The largest absolute Gasteiger partial charge is 0.434 e. The van der Waals surface area contributed by atoms with Gasteiger partial charge in [-0.3, -0.25) is 14.0 Å². The maximum atomic E-state index is 14.6. The number of nitrogens with zero attached hydrogens (tertiary/aromatic N) is 6. The minimum absolute atomic E-state index is 0.0321. The quantitative estimate of drug-likeness (QED) is 0.435. The van der Waals surface area contributed by atoms with Crippen LogP contribution in [0.2, 0.25) is 0 Å². The molecule has 0 saturated carbocycles. The van der Waals surface area contributed by atoms with E-state index in [-0.39, 0.29) is 41.8 Å². The lowest BCUT2D eigenvalue weighted by molar-refractivity contribution is -0.142. The molecule has 36 heavy (non-hydrogen) atoms. The molecule has 1 fully saturated rings. The average Bonchev–Trinajstić information content (AvgIpc) is 3.53. The standard InChI is InChI=1S/C24H19F4N7O/c1-33-11-15-4-5-17(9-19(15)32-33)35-21(24(26,27)28)20(23(36)34-7-6-16(30)12-34)31-22(35)13-2-3-14(10-29)18(25)8-13/h2-5,8-9,11,16H,6-7,12,30H2,1H3/t16-/m0/s1. The van der Waals surface area contributed by atoms with Crippen molar-refractivity contribution in [3.8, 4) is 23.1 Å². The van der Waals surface area contributed by atoms with E-state index < -0.39 is 29.3 Å². The van der Waals surface area contributed by atoms with E-state index in [2.05, 4.69) is 10.1 Å². The number of nitriles is 1. The molecule has 5 rings (SSSR count). The molecule has 1 saturated heterocycles. The smallest absolute Gasteiger partial charge is 0.336 e. The highest BCUT2D eigenvalue weighted by Crippen LogP contribution is 2.39. The summed E-state index contributed by atoms with van der Waals surface area (Å²) in [5.74, 6) is -2.13. The molecule has 0 bridgehead atoms. The predicted molar refractivity (Wildman–Crippen MR) is 121 cm³/mol. The third kappa shape index (κ3) is 3.97. The number of aryl methyl sites for hydroxylation is 1. The normalized spacial score (nSPS) is 16.0. The Kier molecular flexibility index (Phi) is 5.52. The van der Waals surface area contributed by atoms with Crippen LogP contribution in [0.3, 0.4) is 0 Å². The van der Waals surface area contributed by atoms with Crippen LogP contribution in [0.5, 0.6) is 0 Å². The molecule has 184 valence electrons. The molecule has 1 amide bonds. The van der Waals surface area contributed by atoms with Crippen molar-refractivity contribution >= 4 is 16.8 Å². The SMILES string of the molecule is Cn1cc2ccc(-n3c(-c4ccc(C#N)c(F)c4)nc(C(=O)N4CC[C@H](N)C4)c3C(F)(F)F)cc2n1. The summed E-state index contributed by atoms with van der Waals surface area (Å²) in [5.41, 5.74) is 3.92. The van der Waals surface area contributed by atoms with Gasteiger partial charge in [0.1, 0.15) is 17.7 Å². The fourth-order valence-electron chi connectivity index (χ4n) is 4.41. The molecule has 2 aromatic carbocycles. The van der Waals surface area contributed by atoms with E-state index in [0.717, 1.165) is 16.7 Å². The predicted octanol–water partition coefficient (Wildman–Crippen LogP) is 3.63. The number of hydrogen-bond donors (Lipinski definition) is 1. The van der Waals surface area contributed by atoms with Gasteiger partial charge in [-0.2, -0.15) is 23.5 Å². The van der Waals surface area contributed by atoms with E-state index in [1.807, 2.05) is 0 Å². The lowest BCUT2D eigenvalue weighted by Gasteiger charge is -2.18. The fraction of sp³-hybridized carbons (Fsp3) is 0.250. The van der Waals surface area contributed by atoms with E-state index in [0.29, 0.717) is 17.3 Å². The number of halogens is 4. The average molecular weight is 497 g/mol. The molecule has 1 aliphatic rings. The van der Waals surface area contributed by atoms with Gasteiger partial charge in [-0.15, -0.1) is 0 Å². The summed E-state index contributed by atoms with van der Waals surface area (Å²) in [5, 5.41) is 14.0. The van der Waals surface area contributed by atoms with Crippen molar-refractivity contribution in [2.75, 3.05) is 13.1 Å². The van der Waals surface area contributed by atoms with Crippen molar-refractivity contribution in [3.05, 3.63) is 65.4 Å². The van der Waals surface area contributed by atoms with Gasteiger partial charge < -0.3 is 10.6 Å². The summed E-state index contributed by atoms with van der Waals surface area (Å²) in [6.45, 7) is 0.300. The number of alkyl halides is 3. The van der Waals surface area contributed by atoms with Gasteiger partial charge in [0, 0.05) is 49.0 Å². The van der Waals surface area contributed by atoms with E-state index in [1.54, 1.807) is 25.4 Å². The number of rotatable bonds is 3. The molecule has 2 N–H and O–H groups in total. The zero-order valence-electron chi connectivity index (χ0n) is 18.9. The second-order valence-electron chi connectivity index (χ2n) is 8.62. The first-order valence-electron chi connectivity index (χ1n) is 11.0. The zero-order valence-corrected chi connectivity index (χ0v) is 18.9. The Bertz CT molecular complexity index is 1550. The summed E-state index contributed by atoms with van der Waals surface area (Å²) in [6.07, 6.45) is -2.82. The Morgan fingerprint density at radius 1 is 1.22 bits per heavy atom. The van der Waals surface area contributed by atoms with E-state index >= 15 is 0 Å². The van der Waals surface area contributed by atoms with Crippen molar-refractivity contribution in [1.29, 1.82) is 5.26 Å². The van der Waals surface area contributed by atoms with Crippen molar-refractivity contribution in [3.63, 3.8) is 0 Å².